The minimum atomic E-state index is -0.668. The third-order valence-corrected chi connectivity index (χ3v) is 1.93. The molecule has 1 aromatic rings. The molecule has 0 saturated heterocycles. The molecule has 92 valence electrons. The van der Waals surface area contributed by atoms with Crippen LogP contribution in [0.2, 0.25) is 0 Å². The second-order valence-electron chi connectivity index (χ2n) is 3.22. The lowest BCUT2D eigenvalue weighted by molar-refractivity contribution is -0.115. The van der Waals surface area contributed by atoms with Crippen LogP contribution in [0.5, 0.6) is 5.88 Å². The summed E-state index contributed by atoms with van der Waals surface area (Å²) < 4.78 is 4.88. The molecule has 0 aliphatic heterocycles. The number of nitrogens with two attached hydrogens (primary N) is 1. The van der Waals surface area contributed by atoms with Crippen molar-refractivity contribution in [2.24, 2.45) is 5.73 Å². The fourth-order valence-electron chi connectivity index (χ4n) is 1.23. The van der Waals surface area contributed by atoms with Gasteiger partial charge in [-0.3, -0.25) is 9.59 Å². The number of pyridine rings is 1. The third kappa shape index (κ3) is 3.42. The first kappa shape index (κ1) is 12.9. The summed E-state index contributed by atoms with van der Waals surface area (Å²) in [5, 5.41) is 5.26. The number of nitrogens with zero attached hydrogens (tertiary/aromatic N) is 1. The molecule has 0 aliphatic rings. The molecule has 0 unspecified atom stereocenters. The third-order valence-electron chi connectivity index (χ3n) is 1.93. The van der Waals surface area contributed by atoms with Crippen LogP contribution in [-0.2, 0) is 4.79 Å². The lowest BCUT2D eigenvalue weighted by Gasteiger charge is -2.08. The van der Waals surface area contributed by atoms with Crippen LogP contribution < -0.4 is 21.1 Å². The number of rotatable bonds is 5. The number of nitrogens with one attached hydrogen (secondary N) is 2. The van der Waals surface area contributed by atoms with Crippen molar-refractivity contribution < 1.29 is 14.3 Å². The monoisotopic (exact) mass is 238 g/mol. The van der Waals surface area contributed by atoms with Crippen molar-refractivity contribution in [3.05, 3.63) is 17.8 Å². The number of hydrogen-bond donors (Lipinski definition) is 3. The number of primary amides is 1. The van der Waals surface area contributed by atoms with Crippen LogP contribution in [0.25, 0.3) is 0 Å². The van der Waals surface area contributed by atoms with Gasteiger partial charge in [0, 0.05) is 0 Å². The van der Waals surface area contributed by atoms with Crippen LogP contribution in [0, 0.1) is 0 Å². The van der Waals surface area contributed by atoms with Gasteiger partial charge in [-0.15, -0.1) is 0 Å². The molecular formula is C10H14N4O3. The van der Waals surface area contributed by atoms with Crippen LogP contribution in [0.4, 0.5) is 5.69 Å². The Morgan fingerprint density at radius 2 is 2.24 bits per heavy atom. The highest BCUT2D eigenvalue weighted by molar-refractivity contribution is 5.98. The van der Waals surface area contributed by atoms with E-state index in [1.807, 2.05) is 0 Å². The van der Waals surface area contributed by atoms with E-state index >= 15 is 0 Å². The van der Waals surface area contributed by atoms with Crippen LogP contribution in [0.15, 0.2) is 12.3 Å². The molecule has 0 atom stereocenters. The number of ether oxygens (including phenoxy) is 1. The lowest BCUT2D eigenvalue weighted by atomic mass is 10.2. The SMILES string of the molecule is CNCC(=O)Nc1cnc(OC)c(C(N)=O)c1. The molecule has 1 aromatic heterocycles. The lowest BCUT2D eigenvalue weighted by Crippen LogP contribution is -2.25. The molecule has 0 aliphatic carbocycles. The summed E-state index contributed by atoms with van der Waals surface area (Å²) in [6, 6.07) is 1.42. The van der Waals surface area contributed by atoms with E-state index < -0.39 is 5.91 Å². The minimum absolute atomic E-state index is 0.120. The largest absolute Gasteiger partial charge is 0.480 e. The summed E-state index contributed by atoms with van der Waals surface area (Å²) in [6.07, 6.45) is 1.39. The van der Waals surface area contributed by atoms with Crippen molar-refractivity contribution in [3.8, 4) is 5.88 Å². The number of likely N-dealkylation sites (N-methyl/N-ethyl adjacent to an activating group) is 1. The zero-order valence-electron chi connectivity index (χ0n) is 9.61. The highest BCUT2D eigenvalue weighted by Gasteiger charge is 2.12. The van der Waals surface area contributed by atoms with E-state index in [4.69, 9.17) is 10.5 Å². The molecular weight excluding hydrogens is 224 g/mol. The Kier molecular flexibility index (Phi) is 4.41. The second kappa shape index (κ2) is 5.80. The Balaban J connectivity index is 2.92. The predicted molar refractivity (Wildman–Crippen MR) is 61.9 cm³/mol. The maximum Gasteiger partial charge on any atom is 0.254 e. The molecule has 1 rings (SSSR count). The molecule has 2 amide bonds. The smallest absolute Gasteiger partial charge is 0.254 e. The maximum atomic E-state index is 11.3. The van der Waals surface area contributed by atoms with E-state index in [1.165, 1.54) is 19.4 Å². The molecule has 4 N–H and O–H groups in total. The Morgan fingerprint density at radius 1 is 1.53 bits per heavy atom. The van der Waals surface area contributed by atoms with Crippen molar-refractivity contribution in [2.45, 2.75) is 0 Å². The van der Waals surface area contributed by atoms with Gasteiger partial charge in [-0.2, -0.15) is 0 Å². The van der Waals surface area contributed by atoms with Gasteiger partial charge in [0.25, 0.3) is 5.91 Å². The van der Waals surface area contributed by atoms with Crippen molar-refractivity contribution in [1.29, 1.82) is 0 Å². The standard InChI is InChI=1S/C10H14N4O3/c1-12-5-8(15)14-6-3-7(9(11)16)10(17-2)13-4-6/h3-4,12H,5H2,1-2H3,(H2,11,16)(H,14,15). The van der Waals surface area contributed by atoms with Crippen LogP contribution >= 0.6 is 0 Å². The fraction of sp³-hybridized carbons (Fsp3) is 0.300. The molecule has 0 bridgehead atoms. The van der Waals surface area contributed by atoms with Gasteiger partial charge >= 0.3 is 0 Å². The van der Waals surface area contributed by atoms with E-state index in [9.17, 15) is 9.59 Å². The molecule has 7 heteroatoms. The normalized spacial score (nSPS) is 9.76. The van der Waals surface area contributed by atoms with Gasteiger partial charge in [0.1, 0.15) is 5.56 Å². The zero-order chi connectivity index (χ0) is 12.8. The van der Waals surface area contributed by atoms with Crippen LogP contribution in [0.1, 0.15) is 10.4 Å². The van der Waals surface area contributed by atoms with Gasteiger partial charge in [0.2, 0.25) is 11.8 Å². The van der Waals surface area contributed by atoms with E-state index in [2.05, 4.69) is 15.6 Å². The number of amides is 2. The molecule has 7 nitrogen and oxygen atoms in total. The molecule has 0 aromatic carbocycles. The number of anilines is 1. The van der Waals surface area contributed by atoms with E-state index in [0.717, 1.165) is 0 Å². The summed E-state index contributed by atoms with van der Waals surface area (Å²) in [5.74, 6) is -0.780. The topological polar surface area (TPSA) is 106 Å². The highest BCUT2D eigenvalue weighted by Crippen LogP contribution is 2.18. The Labute approximate surface area is 98.4 Å². The predicted octanol–water partition coefficient (Wildman–Crippen LogP) is -0.653. The summed E-state index contributed by atoms with van der Waals surface area (Å²) in [6.45, 7) is 0.165. The van der Waals surface area contributed by atoms with Gasteiger partial charge < -0.3 is 21.1 Å². The quantitative estimate of drug-likeness (QED) is 0.631. The Bertz CT molecular complexity index is 434. The van der Waals surface area contributed by atoms with Gasteiger partial charge in [0.15, 0.2) is 0 Å². The first-order valence-electron chi connectivity index (χ1n) is 4.86. The number of hydrogen-bond acceptors (Lipinski definition) is 5. The number of carbonyl (C=O) groups excluding carboxylic acids is 2. The average Bonchev–Trinajstić information content (AvgIpc) is 2.29. The number of methoxy groups -OCH3 is 1. The van der Waals surface area contributed by atoms with Crippen molar-refractivity contribution in [2.75, 3.05) is 26.0 Å². The molecule has 0 radical (unpaired) electrons. The first-order chi connectivity index (χ1) is 8.08. The van der Waals surface area contributed by atoms with Crippen molar-refractivity contribution in [1.82, 2.24) is 10.3 Å². The Hall–Kier alpha value is -2.15. The summed E-state index contributed by atoms with van der Waals surface area (Å²) in [5.41, 5.74) is 5.67. The van der Waals surface area contributed by atoms with Gasteiger partial charge in [-0.1, -0.05) is 0 Å². The zero-order valence-corrected chi connectivity index (χ0v) is 9.61. The number of aromatic nitrogens is 1. The van der Waals surface area contributed by atoms with Crippen LogP contribution in [0.3, 0.4) is 0 Å². The van der Waals surface area contributed by atoms with Gasteiger partial charge in [-0.25, -0.2) is 4.98 Å². The molecule has 1 heterocycles. The first-order valence-corrected chi connectivity index (χ1v) is 4.86. The average molecular weight is 238 g/mol. The van der Waals surface area contributed by atoms with E-state index in [-0.39, 0.29) is 23.9 Å². The minimum Gasteiger partial charge on any atom is -0.480 e. The maximum absolute atomic E-state index is 11.3. The molecule has 0 fully saturated rings. The Morgan fingerprint density at radius 3 is 2.76 bits per heavy atom. The van der Waals surface area contributed by atoms with Gasteiger partial charge in [-0.05, 0) is 13.1 Å². The fourth-order valence-corrected chi connectivity index (χ4v) is 1.23. The molecule has 17 heavy (non-hydrogen) atoms. The van der Waals surface area contributed by atoms with E-state index in [1.54, 1.807) is 7.05 Å². The highest BCUT2D eigenvalue weighted by atomic mass is 16.5. The van der Waals surface area contributed by atoms with E-state index in [0.29, 0.717) is 5.69 Å². The van der Waals surface area contributed by atoms with Crippen molar-refractivity contribution in [3.63, 3.8) is 0 Å². The summed E-state index contributed by atoms with van der Waals surface area (Å²) >= 11 is 0. The second-order valence-corrected chi connectivity index (χ2v) is 3.22. The van der Waals surface area contributed by atoms with Crippen LogP contribution in [-0.4, -0.2) is 37.5 Å². The molecule has 0 saturated carbocycles. The summed E-state index contributed by atoms with van der Waals surface area (Å²) in [4.78, 5) is 26.3. The summed E-state index contributed by atoms with van der Waals surface area (Å²) in [7, 11) is 3.04. The van der Waals surface area contributed by atoms with Crippen molar-refractivity contribution >= 4 is 17.5 Å². The molecule has 0 spiro atoms. The number of carbonyl (C=O) groups is 2. The van der Waals surface area contributed by atoms with Gasteiger partial charge in [0.05, 0.1) is 25.5 Å².